The number of likely N-dealkylation sites (tertiary alicyclic amines) is 1. The van der Waals surface area contributed by atoms with Crippen LogP contribution in [-0.4, -0.2) is 71.6 Å². The minimum atomic E-state index is -4.89. The van der Waals surface area contributed by atoms with E-state index >= 15 is 0 Å². The number of rotatable bonds is 10. The molecule has 2 saturated carbocycles. The summed E-state index contributed by atoms with van der Waals surface area (Å²) in [6, 6.07) is -1.72. The predicted octanol–water partition coefficient (Wildman–Crippen LogP) is 3.29. The van der Waals surface area contributed by atoms with E-state index in [0.717, 1.165) is 25.7 Å². The number of amides is 4. The molecule has 3 fully saturated rings. The fourth-order valence-electron chi connectivity index (χ4n) is 5.81. The van der Waals surface area contributed by atoms with Crippen molar-refractivity contribution in [2.45, 2.75) is 76.8 Å². The number of halogens is 3. The first-order valence-corrected chi connectivity index (χ1v) is 13.7. The zero-order chi connectivity index (χ0) is 29.6. The smallest absolute Gasteiger partial charge is 0.414 e. The summed E-state index contributed by atoms with van der Waals surface area (Å²) in [6.07, 6.45) is 0.526. The van der Waals surface area contributed by atoms with Crippen LogP contribution in [0.15, 0.2) is 24.7 Å². The Morgan fingerprint density at radius 1 is 1.12 bits per heavy atom. The lowest BCUT2D eigenvalue weighted by atomic mass is 9.88. The Hall–Kier alpha value is -3.91. The van der Waals surface area contributed by atoms with Gasteiger partial charge in [0.05, 0.1) is 24.3 Å². The Kier molecular flexibility index (Phi) is 7.55. The van der Waals surface area contributed by atoms with Crippen molar-refractivity contribution in [3.63, 3.8) is 0 Å². The van der Waals surface area contributed by atoms with Crippen LogP contribution in [0.3, 0.4) is 0 Å². The molecule has 1 aliphatic heterocycles. The molecule has 0 unspecified atom stereocenters. The third kappa shape index (κ3) is 6.07. The van der Waals surface area contributed by atoms with E-state index in [1.165, 1.54) is 23.3 Å². The first-order chi connectivity index (χ1) is 19.3. The van der Waals surface area contributed by atoms with E-state index in [4.69, 9.17) is 5.11 Å². The van der Waals surface area contributed by atoms with Gasteiger partial charge < -0.3 is 15.7 Å². The van der Waals surface area contributed by atoms with Gasteiger partial charge >= 0.3 is 12.3 Å². The molecule has 3 N–H and O–H groups in total. The van der Waals surface area contributed by atoms with Gasteiger partial charge in [-0.15, -0.1) is 0 Å². The van der Waals surface area contributed by atoms with E-state index in [9.17, 15) is 32.3 Å². The molecule has 4 amide bonds. The lowest BCUT2D eigenvalue weighted by Crippen LogP contribution is -2.50. The molecular weight excluding hydrogens is 547 g/mol. The lowest BCUT2D eigenvalue weighted by molar-refractivity contribution is -0.175. The Morgan fingerprint density at radius 3 is 2.32 bits per heavy atom. The highest BCUT2D eigenvalue weighted by Crippen LogP contribution is 2.51. The predicted molar refractivity (Wildman–Crippen MR) is 136 cm³/mol. The molecule has 0 bridgehead atoms. The summed E-state index contributed by atoms with van der Waals surface area (Å²) in [5.74, 6) is -2.66. The van der Waals surface area contributed by atoms with Crippen LogP contribution >= 0.6 is 0 Å². The van der Waals surface area contributed by atoms with E-state index in [0.29, 0.717) is 17.5 Å². The van der Waals surface area contributed by atoms with Crippen molar-refractivity contribution in [1.82, 2.24) is 29.8 Å². The molecule has 2 aromatic rings. The minimum absolute atomic E-state index is 0.0400. The Labute approximate surface area is 233 Å². The van der Waals surface area contributed by atoms with Crippen LogP contribution in [0.4, 0.5) is 23.7 Å². The molecule has 1 saturated heterocycles. The number of alkyl halides is 3. The summed E-state index contributed by atoms with van der Waals surface area (Å²) in [6.45, 7) is 3.49. The summed E-state index contributed by atoms with van der Waals surface area (Å²) in [5.41, 5.74) is 0.574. The van der Waals surface area contributed by atoms with E-state index in [2.05, 4.69) is 20.8 Å². The van der Waals surface area contributed by atoms with Crippen molar-refractivity contribution in [2.75, 3.05) is 5.32 Å². The number of hydrogen-bond donors (Lipinski definition) is 3. The van der Waals surface area contributed by atoms with Crippen LogP contribution in [0.1, 0.15) is 62.5 Å². The van der Waals surface area contributed by atoms with Crippen molar-refractivity contribution in [3.8, 4) is 0 Å². The molecule has 41 heavy (non-hydrogen) atoms. The van der Waals surface area contributed by atoms with Gasteiger partial charge in [0.1, 0.15) is 17.8 Å². The van der Waals surface area contributed by atoms with Gasteiger partial charge in [-0.2, -0.15) is 23.4 Å². The number of carbonyl (C=O) groups excluding carboxylic acids is 3. The molecule has 2 aromatic heterocycles. The second-order valence-corrected chi connectivity index (χ2v) is 11.4. The number of aromatic nitrogens is 4. The first kappa shape index (κ1) is 28.6. The Bertz CT molecular complexity index is 1320. The number of anilines is 1. The fraction of sp³-hybridized carbons (Fsp3) is 0.615. The van der Waals surface area contributed by atoms with Crippen molar-refractivity contribution in [2.24, 2.45) is 23.7 Å². The largest absolute Gasteiger partial charge is 0.465 e. The van der Waals surface area contributed by atoms with Gasteiger partial charge in [0, 0.05) is 18.4 Å². The molecule has 0 radical (unpaired) electrons. The van der Waals surface area contributed by atoms with Crippen LogP contribution in [-0.2, 0) is 16.1 Å². The van der Waals surface area contributed by atoms with Crippen LogP contribution < -0.4 is 10.6 Å². The van der Waals surface area contributed by atoms with Crippen LogP contribution in [0.2, 0.25) is 0 Å². The molecule has 15 heteroatoms. The van der Waals surface area contributed by atoms with E-state index < -0.39 is 54.4 Å². The number of hydrogen-bond acceptors (Lipinski definition) is 6. The van der Waals surface area contributed by atoms with Crippen LogP contribution in [0, 0.1) is 23.7 Å². The normalized spacial score (nSPS) is 21.9. The van der Waals surface area contributed by atoms with Crippen molar-refractivity contribution >= 4 is 29.5 Å². The highest BCUT2D eigenvalue weighted by molar-refractivity contribution is 6.00. The van der Waals surface area contributed by atoms with Gasteiger partial charge in [-0.25, -0.2) is 9.69 Å². The molecular formula is C26H32F3N7O5. The molecule has 2 aliphatic carbocycles. The van der Waals surface area contributed by atoms with Crippen molar-refractivity contribution < 1.29 is 37.5 Å². The van der Waals surface area contributed by atoms with Gasteiger partial charge in [-0.1, -0.05) is 0 Å². The number of carboxylic acid groups (broad SMARTS) is 1. The minimum Gasteiger partial charge on any atom is -0.465 e. The molecule has 3 atom stereocenters. The van der Waals surface area contributed by atoms with Gasteiger partial charge in [0.25, 0.3) is 5.91 Å². The first-order valence-electron chi connectivity index (χ1n) is 13.7. The maximum Gasteiger partial charge on any atom is 0.414 e. The fourth-order valence-corrected chi connectivity index (χ4v) is 5.81. The van der Waals surface area contributed by atoms with Crippen molar-refractivity contribution in [3.05, 3.63) is 30.4 Å². The van der Waals surface area contributed by atoms with E-state index in [1.54, 1.807) is 10.7 Å². The van der Waals surface area contributed by atoms with Gasteiger partial charge in [0.2, 0.25) is 11.8 Å². The lowest BCUT2D eigenvalue weighted by Gasteiger charge is -2.27. The topological polar surface area (TPSA) is 151 Å². The standard InChI is InChI=1S/C26H32F3N7O5/c1-13(2)36-18(7-8-30-36)22(37)33-21(20(14-3-4-14)15-5-6-15)23(38)32-17-10-31-34(12-17)11-16-9-19(26(27,28)29)35(24(16)39)25(40)41/h7-8,10,12-16,19-21H,3-6,9,11H2,1-2H3,(H,32,38)(H,33,37)(H,40,41)/t16-,19-,21+/m1/s1. The molecule has 3 heterocycles. The third-order valence-corrected chi connectivity index (χ3v) is 7.98. The monoisotopic (exact) mass is 579 g/mol. The molecule has 222 valence electrons. The van der Waals surface area contributed by atoms with Crippen LogP contribution in [0.5, 0.6) is 0 Å². The van der Waals surface area contributed by atoms with Crippen LogP contribution in [0.25, 0.3) is 0 Å². The molecule has 12 nitrogen and oxygen atoms in total. The second-order valence-electron chi connectivity index (χ2n) is 11.4. The highest BCUT2D eigenvalue weighted by atomic mass is 19.4. The summed E-state index contributed by atoms with van der Waals surface area (Å²) < 4.78 is 42.8. The quantitative estimate of drug-likeness (QED) is 0.391. The molecule has 3 aliphatic rings. The summed E-state index contributed by atoms with van der Waals surface area (Å²) in [7, 11) is 0. The number of nitrogens with one attached hydrogen (secondary N) is 2. The van der Waals surface area contributed by atoms with Gasteiger partial charge in [0.15, 0.2) is 0 Å². The highest BCUT2D eigenvalue weighted by Gasteiger charge is 2.55. The maximum atomic E-state index is 13.6. The third-order valence-electron chi connectivity index (χ3n) is 7.98. The summed E-state index contributed by atoms with van der Waals surface area (Å²) in [4.78, 5) is 50.4. The van der Waals surface area contributed by atoms with E-state index in [1.807, 2.05) is 13.8 Å². The van der Waals surface area contributed by atoms with Gasteiger partial charge in [-0.3, -0.25) is 23.7 Å². The number of imide groups is 1. The Morgan fingerprint density at radius 2 is 1.78 bits per heavy atom. The van der Waals surface area contributed by atoms with E-state index in [-0.39, 0.29) is 29.1 Å². The second kappa shape index (κ2) is 10.8. The number of carbonyl (C=O) groups is 4. The molecule has 0 spiro atoms. The average Bonchev–Trinajstić information content (AvgIpc) is 3.78. The number of nitrogens with zero attached hydrogens (tertiary/aromatic N) is 5. The average molecular weight is 580 g/mol. The van der Waals surface area contributed by atoms with Crippen molar-refractivity contribution in [1.29, 1.82) is 0 Å². The summed E-state index contributed by atoms with van der Waals surface area (Å²) >= 11 is 0. The Balaban J connectivity index is 1.29. The maximum absolute atomic E-state index is 13.6. The zero-order valence-corrected chi connectivity index (χ0v) is 22.5. The van der Waals surface area contributed by atoms with Gasteiger partial charge in [-0.05, 0) is 69.8 Å². The molecule has 5 rings (SSSR count). The molecule has 0 aromatic carbocycles. The SMILES string of the molecule is CC(C)n1nccc1C(=O)N[C@H](C(=O)Nc1cnn(C[C@H]2C[C@H](C(F)(F)F)N(C(=O)O)C2=O)c1)C(C1CC1)C1CC1. The summed E-state index contributed by atoms with van der Waals surface area (Å²) in [5, 5.41) is 23.1. The zero-order valence-electron chi connectivity index (χ0n) is 22.5.